The van der Waals surface area contributed by atoms with Gasteiger partial charge < -0.3 is 4.74 Å². The molecule has 2 aromatic rings. The van der Waals surface area contributed by atoms with Crippen molar-refractivity contribution in [3.8, 4) is 5.75 Å². The average molecular weight is 379 g/mol. The Labute approximate surface area is 153 Å². The summed E-state index contributed by atoms with van der Waals surface area (Å²) in [7, 11) is 0. The van der Waals surface area contributed by atoms with Crippen LogP contribution in [0.25, 0.3) is 0 Å². The van der Waals surface area contributed by atoms with Crippen molar-refractivity contribution >= 4 is 45.9 Å². The van der Waals surface area contributed by atoms with Gasteiger partial charge in [0, 0.05) is 16.4 Å². The first kappa shape index (κ1) is 16.3. The number of rotatable bonds is 5. The Balaban J connectivity index is 1.28. The molecular formula is C17H18N2O2S3. The Kier molecular flexibility index (Phi) is 5.01. The number of carbonyl (C=O) groups excluding carboxylic acids is 1. The lowest BCUT2D eigenvalue weighted by atomic mass is 10.2. The van der Waals surface area contributed by atoms with Crippen molar-refractivity contribution in [2.24, 2.45) is 0 Å². The molecule has 1 fully saturated rings. The van der Waals surface area contributed by atoms with Crippen LogP contribution < -0.4 is 10.1 Å². The number of anilines is 1. The van der Waals surface area contributed by atoms with Gasteiger partial charge in [-0.25, -0.2) is 4.98 Å². The molecule has 126 valence electrons. The van der Waals surface area contributed by atoms with Gasteiger partial charge in [0.1, 0.15) is 5.75 Å². The molecule has 7 heteroatoms. The van der Waals surface area contributed by atoms with E-state index in [1.54, 1.807) is 11.3 Å². The van der Waals surface area contributed by atoms with Crippen LogP contribution in [-0.4, -0.2) is 29.0 Å². The number of nitrogens with zero attached hydrogens (tertiary/aromatic N) is 1. The van der Waals surface area contributed by atoms with Gasteiger partial charge in [0.15, 0.2) is 11.7 Å². The number of aryl methyl sites for hydroxylation is 2. The van der Waals surface area contributed by atoms with Crippen molar-refractivity contribution in [1.82, 2.24) is 4.98 Å². The molecule has 4 rings (SSSR count). The molecule has 0 radical (unpaired) electrons. The third kappa shape index (κ3) is 3.73. The van der Waals surface area contributed by atoms with Crippen molar-refractivity contribution in [1.29, 1.82) is 0 Å². The lowest BCUT2D eigenvalue weighted by molar-refractivity contribution is -0.118. The van der Waals surface area contributed by atoms with Crippen LogP contribution in [0.3, 0.4) is 0 Å². The monoisotopic (exact) mass is 378 g/mol. The van der Waals surface area contributed by atoms with E-state index >= 15 is 0 Å². The summed E-state index contributed by atoms with van der Waals surface area (Å²) in [5, 5.41) is 3.53. The van der Waals surface area contributed by atoms with E-state index in [-0.39, 0.29) is 12.5 Å². The zero-order chi connectivity index (χ0) is 16.4. The zero-order valence-electron chi connectivity index (χ0n) is 13.1. The highest BCUT2D eigenvalue weighted by Crippen LogP contribution is 2.45. The molecule has 2 heterocycles. The van der Waals surface area contributed by atoms with Gasteiger partial charge >= 0.3 is 0 Å². The molecule has 0 saturated carbocycles. The first-order chi connectivity index (χ1) is 11.8. The molecule has 1 saturated heterocycles. The van der Waals surface area contributed by atoms with Gasteiger partial charge in [-0.05, 0) is 37.0 Å². The van der Waals surface area contributed by atoms with Crippen molar-refractivity contribution in [2.45, 2.75) is 23.8 Å². The molecule has 1 N–H and O–H groups in total. The van der Waals surface area contributed by atoms with Gasteiger partial charge in [-0.2, -0.15) is 0 Å². The van der Waals surface area contributed by atoms with Gasteiger partial charge in [0.05, 0.1) is 10.3 Å². The van der Waals surface area contributed by atoms with Crippen LogP contribution in [0.2, 0.25) is 0 Å². The van der Waals surface area contributed by atoms with Crippen molar-refractivity contribution < 1.29 is 9.53 Å². The predicted octanol–water partition coefficient (Wildman–Crippen LogP) is 4.13. The van der Waals surface area contributed by atoms with Crippen LogP contribution >= 0.6 is 34.9 Å². The lowest BCUT2D eigenvalue weighted by Gasteiger charge is -2.10. The van der Waals surface area contributed by atoms with Crippen LogP contribution in [0.15, 0.2) is 24.3 Å². The molecule has 0 spiro atoms. The summed E-state index contributed by atoms with van der Waals surface area (Å²) in [4.78, 5) is 17.8. The number of benzene rings is 1. The Morgan fingerprint density at radius 3 is 2.75 bits per heavy atom. The second kappa shape index (κ2) is 7.37. The highest BCUT2D eigenvalue weighted by atomic mass is 32.2. The first-order valence-corrected chi connectivity index (χ1v) is 10.9. The fourth-order valence-electron chi connectivity index (χ4n) is 2.82. The van der Waals surface area contributed by atoms with E-state index in [1.807, 2.05) is 35.7 Å². The van der Waals surface area contributed by atoms with Crippen LogP contribution in [-0.2, 0) is 17.6 Å². The van der Waals surface area contributed by atoms with E-state index < -0.39 is 0 Å². The SMILES string of the molecule is O=C(COc1ccc(C2SCCS2)cc1)Nc1nc2c(s1)CCC2. The lowest BCUT2D eigenvalue weighted by Crippen LogP contribution is -2.20. The molecule has 1 aliphatic carbocycles. The molecule has 1 aliphatic heterocycles. The van der Waals surface area contributed by atoms with E-state index in [1.165, 1.54) is 28.4 Å². The van der Waals surface area contributed by atoms with Crippen LogP contribution in [0.4, 0.5) is 5.13 Å². The highest BCUT2D eigenvalue weighted by molar-refractivity contribution is 8.19. The molecule has 1 aromatic carbocycles. The number of amides is 1. The van der Waals surface area contributed by atoms with Gasteiger partial charge in [0.2, 0.25) is 0 Å². The summed E-state index contributed by atoms with van der Waals surface area (Å²) in [5.74, 6) is 3.00. The molecule has 0 atom stereocenters. The van der Waals surface area contributed by atoms with Crippen molar-refractivity contribution in [3.05, 3.63) is 40.4 Å². The number of thioether (sulfide) groups is 2. The maximum Gasteiger partial charge on any atom is 0.264 e. The smallest absolute Gasteiger partial charge is 0.264 e. The largest absolute Gasteiger partial charge is 0.484 e. The summed E-state index contributed by atoms with van der Waals surface area (Å²) >= 11 is 5.55. The molecule has 1 amide bonds. The summed E-state index contributed by atoms with van der Waals surface area (Å²) in [6.45, 7) is 0.0104. The summed E-state index contributed by atoms with van der Waals surface area (Å²) < 4.78 is 6.12. The number of ether oxygens (including phenoxy) is 1. The fourth-order valence-corrected chi connectivity index (χ4v) is 6.75. The number of fused-ring (bicyclic) bond motifs is 1. The van der Waals surface area contributed by atoms with E-state index in [9.17, 15) is 4.79 Å². The number of thiazole rings is 1. The van der Waals surface area contributed by atoms with E-state index in [0.717, 1.165) is 24.3 Å². The van der Waals surface area contributed by atoms with Gasteiger partial charge in [-0.3, -0.25) is 10.1 Å². The molecule has 0 unspecified atom stereocenters. The highest BCUT2D eigenvalue weighted by Gasteiger charge is 2.19. The number of hydrogen-bond acceptors (Lipinski definition) is 6. The zero-order valence-corrected chi connectivity index (χ0v) is 15.6. The van der Waals surface area contributed by atoms with Gasteiger partial charge in [-0.15, -0.1) is 34.9 Å². The Bertz CT molecular complexity index is 702. The molecular weight excluding hydrogens is 360 g/mol. The summed E-state index contributed by atoms with van der Waals surface area (Å²) in [6.07, 6.45) is 3.30. The first-order valence-electron chi connectivity index (χ1n) is 8.02. The summed E-state index contributed by atoms with van der Waals surface area (Å²) in [5.41, 5.74) is 2.46. The summed E-state index contributed by atoms with van der Waals surface area (Å²) in [6, 6.07) is 8.07. The standard InChI is InChI=1S/C17H18N2O2S3/c20-15(19-17-18-13-2-1-3-14(13)24-17)10-21-12-6-4-11(5-7-12)16-22-8-9-23-16/h4-7,16H,1-3,8-10H2,(H,18,19,20). The van der Waals surface area contributed by atoms with Crippen molar-refractivity contribution in [3.63, 3.8) is 0 Å². The quantitative estimate of drug-likeness (QED) is 0.848. The Hall–Kier alpha value is -1.18. The number of hydrogen-bond donors (Lipinski definition) is 1. The van der Waals surface area contributed by atoms with Crippen LogP contribution in [0.5, 0.6) is 5.75 Å². The van der Waals surface area contributed by atoms with Gasteiger partial charge in [0.25, 0.3) is 5.91 Å². The molecule has 4 nitrogen and oxygen atoms in total. The van der Waals surface area contributed by atoms with Crippen molar-refractivity contribution in [2.75, 3.05) is 23.4 Å². The van der Waals surface area contributed by atoms with Gasteiger partial charge in [-0.1, -0.05) is 12.1 Å². The minimum atomic E-state index is -0.159. The third-order valence-corrected chi connectivity index (χ3v) is 8.16. The minimum Gasteiger partial charge on any atom is -0.484 e. The maximum atomic E-state index is 12.0. The Morgan fingerprint density at radius 2 is 2.00 bits per heavy atom. The Morgan fingerprint density at radius 1 is 1.21 bits per heavy atom. The second-order valence-corrected chi connectivity index (χ2v) is 9.53. The van der Waals surface area contributed by atoms with E-state index in [4.69, 9.17) is 4.74 Å². The minimum absolute atomic E-state index is 0.0104. The third-order valence-electron chi connectivity index (χ3n) is 3.99. The number of carbonyl (C=O) groups is 1. The topological polar surface area (TPSA) is 51.2 Å². The van der Waals surface area contributed by atoms with E-state index in [2.05, 4.69) is 22.4 Å². The molecule has 2 aliphatic rings. The van der Waals surface area contributed by atoms with E-state index in [0.29, 0.717) is 9.71 Å². The average Bonchev–Trinajstić information content (AvgIpc) is 3.30. The molecule has 1 aromatic heterocycles. The second-order valence-electron chi connectivity index (χ2n) is 5.72. The van der Waals surface area contributed by atoms with Crippen LogP contribution in [0.1, 0.15) is 27.1 Å². The maximum absolute atomic E-state index is 12.0. The molecule has 0 bridgehead atoms. The number of nitrogens with one attached hydrogen (secondary N) is 1. The molecule has 24 heavy (non-hydrogen) atoms. The predicted molar refractivity (Wildman–Crippen MR) is 102 cm³/mol. The normalized spacial score (nSPS) is 17.0. The number of aromatic nitrogens is 1. The fraction of sp³-hybridized carbons (Fsp3) is 0.412. The van der Waals surface area contributed by atoms with Crippen LogP contribution in [0, 0.1) is 0 Å².